The minimum Gasteiger partial charge on any atom is -0.352 e. The predicted molar refractivity (Wildman–Crippen MR) is 54.5 cm³/mol. The third kappa shape index (κ3) is 1.61. The first-order chi connectivity index (χ1) is 7.11. The van der Waals surface area contributed by atoms with E-state index < -0.39 is 22.6 Å². The van der Waals surface area contributed by atoms with Crippen molar-refractivity contribution < 1.29 is 8.78 Å². The Morgan fingerprint density at radius 2 is 1.93 bits per heavy atom. The second-order valence-corrected chi connectivity index (χ2v) is 3.41. The first-order valence-electron chi connectivity index (χ1n) is 4.20. The van der Waals surface area contributed by atoms with Crippen LogP contribution in [0.25, 0.3) is 10.9 Å². The molecule has 78 valence electrons. The monoisotopic (exact) mass is 229 g/mol. The normalized spacial score (nSPS) is 11.2. The number of rotatable bonds is 1. The molecule has 0 bridgehead atoms. The van der Waals surface area contributed by atoms with Gasteiger partial charge in [-0.3, -0.25) is 4.79 Å². The maximum atomic E-state index is 12.5. The van der Waals surface area contributed by atoms with Crippen LogP contribution in [-0.4, -0.2) is 4.98 Å². The molecule has 2 rings (SSSR count). The molecule has 2 aromatic rings. The second kappa shape index (κ2) is 3.62. The van der Waals surface area contributed by atoms with E-state index in [0.717, 1.165) is 0 Å². The minimum absolute atomic E-state index is 0.312. The number of nitrogens with one attached hydrogen (secondary N) is 1. The third-order valence-electron chi connectivity index (χ3n) is 2.10. The maximum absolute atomic E-state index is 12.5. The fourth-order valence-electron chi connectivity index (χ4n) is 1.38. The largest absolute Gasteiger partial charge is 0.352 e. The molecular weight excluding hydrogens is 224 g/mol. The van der Waals surface area contributed by atoms with Gasteiger partial charge in [0.15, 0.2) is 0 Å². The zero-order chi connectivity index (χ0) is 11.0. The highest BCUT2D eigenvalue weighted by atomic mass is 35.5. The van der Waals surface area contributed by atoms with Crippen molar-refractivity contribution in [2.45, 2.75) is 6.43 Å². The number of halogens is 3. The molecule has 2 nitrogen and oxygen atoms in total. The van der Waals surface area contributed by atoms with Gasteiger partial charge in [-0.2, -0.15) is 0 Å². The van der Waals surface area contributed by atoms with Crippen LogP contribution in [0.1, 0.15) is 12.1 Å². The second-order valence-electron chi connectivity index (χ2n) is 3.03. The molecule has 0 aliphatic carbocycles. The van der Waals surface area contributed by atoms with E-state index in [-0.39, 0.29) is 0 Å². The molecule has 1 N–H and O–H groups in total. The molecule has 1 aromatic carbocycles. The summed E-state index contributed by atoms with van der Waals surface area (Å²) in [6, 6.07) is 6.39. The van der Waals surface area contributed by atoms with Gasteiger partial charge in [0.1, 0.15) is 10.7 Å². The molecular formula is C10H6ClF2NO. The van der Waals surface area contributed by atoms with Crippen molar-refractivity contribution in [1.82, 2.24) is 4.98 Å². The van der Waals surface area contributed by atoms with Crippen molar-refractivity contribution in [1.29, 1.82) is 0 Å². The number of fused-ring (bicyclic) bond motifs is 1. The summed E-state index contributed by atoms with van der Waals surface area (Å²) in [5.41, 5.74) is -0.733. The van der Waals surface area contributed by atoms with Crippen LogP contribution in [0.3, 0.4) is 0 Å². The Hall–Kier alpha value is -1.42. The van der Waals surface area contributed by atoms with Crippen LogP contribution in [-0.2, 0) is 0 Å². The van der Waals surface area contributed by atoms with Crippen LogP contribution in [0, 0.1) is 0 Å². The van der Waals surface area contributed by atoms with Gasteiger partial charge in [0.25, 0.3) is 6.43 Å². The Kier molecular flexibility index (Phi) is 2.44. The van der Waals surface area contributed by atoms with Crippen LogP contribution in [0.4, 0.5) is 8.78 Å². The van der Waals surface area contributed by atoms with Crippen LogP contribution in [0.15, 0.2) is 29.1 Å². The molecule has 1 aromatic heterocycles. The van der Waals surface area contributed by atoms with Crippen LogP contribution in [0.2, 0.25) is 5.02 Å². The number of aromatic nitrogens is 1. The SMILES string of the molecule is O=c1c(Cl)c(C(F)F)[nH]c2ccccc12. The van der Waals surface area contributed by atoms with Gasteiger partial charge in [0.05, 0.1) is 0 Å². The zero-order valence-corrected chi connectivity index (χ0v) is 8.18. The Morgan fingerprint density at radius 1 is 1.27 bits per heavy atom. The summed E-state index contributed by atoms with van der Waals surface area (Å²) < 4.78 is 25.0. The fourth-order valence-corrected chi connectivity index (χ4v) is 1.61. The smallest absolute Gasteiger partial charge is 0.279 e. The molecule has 0 saturated heterocycles. The first kappa shape index (κ1) is 10.1. The maximum Gasteiger partial charge on any atom is 0.279 e. The molecule has 0 spiro atoms. The predicted octanol–water partition coefficient (Wildman–Crippen LogP) is 3.12. The standard InChI is InChI=1S/C10H6ClF2NO/c11-7-8(10(12)13)14-6-4-2-1-3-5(6)9(7)15/h1-4,10H,(H,14,15). The molecule has 0 saturated carbocycles. The molecule has 0 fully saturated rings. The van der Waals surface area contributed by atoms with E-state index in [1.54, 1.807) is 18.2 Å². The van der Waals surface area contributed by atoms with Crippen LogP contribution >= 0.6 is 11.6 Å². The Labute approximate surface area is 88.5 Å². The van der Waals surface area contributed by atoms with Crippen LogP contribution in [0.5, 0.6) is 0 Å². The lowest BCUT2D eigenvalue weighted by Gasteiger charge is -2.05. The van der Waals surface area contributed by atoms with Gasteiger partial charge >= 0.3 is 0 Å². The molecule has 0 amide bonds. The summed E-state index contributed by atoms with van der Waals surface area (Å²) in [6.07, 6.45) is -2.78. The number of benzene rings is 1. The lowest BCUT2D eigenvalue weighted by atomic mass is 10.2. The van der Waals surface area contributed by atoms with Crippen molar-refractivity contribution >= 4 is 22.5 Å². The average Bonchev–Trinajstić information content (AvgIpc) is 2.23. The number of alkyl halides is 2. The first-order valence-corrected chi connectivity index (χ1v) is 4.57. The van der Waals surface area contributed by atoms with E-state index >= 15 is 0 Å². The van der Waals surface area contributed by atoms with E-state index in [1.807, 2.05) is 0 Å². The van der Waals surface area contributed by atoms with Crippen molar-refractivity contribution in [2.24, 2.45) is 0 Å². The topological polar surface area (TPSA) is 32.9 Å². The lowest BCUT2D eigenvalue weighted by molar-refractivity contribution is 0.146. The summed E-state index contributed by atoms with van der Waals surface area (Å²) in [6.45, 7) is 0. The van der Waals surface area contributed by atoms with Gasteiger partial charge in [-0.15, -0.1) is 0 Å². The summed E-state index contributed by atoms with van der Waals surface area (Å²) >= 11 is 5.54. The van der Waals surface area contributed by atoms with Gasteiger partial charge in [-0.25, -0.2) is 8.78 Å². The quantitative estimate of drug-likeness (QED) is 0.801. The summed E-state index contributed by atoms with van der Waals surface area (Å²) in [7, 11) is 0. The molecule has 0 radical (unpaired) electrons. The lowest BCUT2D eigenvalue weighted by Crippen LogP contribution is -2.08. The van der Waals surface area contributed by atoms with Gasteiger partial charge in [-0.05, 0) is 12.1 Å². The minimum atomic E-state index is -2.78. The molecule has 5 heteroatoms. The van der Waals surface area contributed by atoms with E-state index in [1.165, 1.54) is 6.07 Å². The summed E-state index contributed by atoms with van der Waals surface area (Å²) in [4.78, 5) is 14.0. The highest BCUT2D eigenvalue weighted by Gasteiger charge is 2.16. The highest BCUT2D eigenvalue weighted by Crippen LogP contribution is 2.24. The molecule has 0 unspecified atom stereocenters. The van der Waals surface area contributed by atoms with E-state index in [4.69, 9.17) is 11.6 Å². The van der Waals surface area contributed by atoms with Crippen molar-refractivity contribution in [3.8, 4) is 0 Å². The Balaban J connectivity index is 2.89. The average molecular weight is 230 g/mol. The van der Waals surface area contributed by atoms with Gasteiger partial charge in [0.2, 0.25) is 5.43 Å². The molecule has 0 aliphatic rings. The highest BCUT2D eigenvalue weighted by molar-refractivity contribution is 6.31. The molecule has 1 heterocycles. The van der Waals surface area contributed by atoms with Gasteiger partial charge in [-0.1, -0.05) is 23.7 Å². The van der Waals surface area contributed by atoms with Crippen molar-refractivity contribution in [2.75, 3.05) is 0 Å². The van der Waals surface area contributed by atoms with E-state index in [2.05, 4.69) is 4.98 Å². The number of hydrogen-bond donors (Lipinski definition) is 1. The number of para-hydroxylation sites is 1. The summed E-state index contributed by atoms with van der Waals surface area (Å²) in [5.74, 6) is 0. The Bertz CT molecular complexity index is 565. The number of aromatic amines is 1. The van der Waals surface area contributed by atoms with E-state index in [0.29, 0.717) is 10.9 Å². The molecule has 0 atom stereocenters. The van der Waals surface area contributed by atoms with Gasteiger partial charge < -0.3 is 4.98 Å². The third-order valence-corrected chi connectivity index (χ3v) is 2.47. The number of H-pyrrole nitrogens is 1. The van der Waals surface area contributed by atoms with E-state index in [9.17, 15) is 13.6 Å². The van der Waals surface area contributed by atoms with Crippen molar-refractivity contribution in [3.63, 3.8) is 0 Å². The van der Waals surface area contributed by atoms with Crippen molar-refractivity contribution in [3.05, 3.63) is 45.2 Å². The zero-order valence-electron chi connectivity index (χ0n) is 7.43. The number of hydrogen-bond acceptors (Lipinski definition) is 1. The van der Waals surface area contributed by atoms with Gasteiger partial charge in [0, 0.05) is 10.9 Å². The van der Waals surface area contributed by atoms with Crippen LogP contribution < -0.4 is 5.43 Å². The number of pyridine rings is 1. The fraction of sp³-hybridized carbons (Fsp3) is 0.100. The summed E-state index contributed by atoms with van der Waals surface area (Å²) in [5, 5.41) is -0.129. The molecule has 15 heavy (non-hydrogen) atoms. The molecule has 0 aliphatic heterocycles. The Morgan fingerprint density at radius 3 is 2.60 bits per heavy atom.